The molecule has 1 atom stereocenters. The van der Waals surface area contributed by atoms with Crippen LogP contribution in [0.2, 0.25) is 0 Å². The fourth-order valence-corrected chi connectivity index (χ4v) is 2.92. The molecule has 0 saturated carbocycles. The van der Waals surface area contributed by atoms with Gasteiger partial charge >= 0.3 is 0 Å². The lowest BCUT2D eigenvalue weighted by molar-refractivity contribution is 0.0913. The van der Waals surface area contributed by atoms with Crippen LogP contribution in [0.4, 0.5) is 4.39 Å². The van der Waals surface area contributed by atoms with Gasteiger partial charge in [0.2, 0.25) is 5.75 Å². The Labute approximate surface area is 184 Å². The average molecular weight is 440 g/mol. The number of furan rings is 1. The molecule has 1 amide bonds. The van der Waals surface area contributed by atoms with Gasteiger partial charge < -0.3 is 28.7 Å². The summed E-state index contributed by atoms with van der Waals surface area (Å²) < 4.78 is 39.8. The number of hydrogen-bond donors (Lipinski definition) is 1. The van der Waals surface area contributed by atoms with Gasteiger partial charge in [0.1, 0.15) is 30.0 Å². The number of nitrogens with one attached hydrogen (secondary N) is 1. The number of rotatable bonds is 9. The maximum atomic E-state index is 13.0. The number of amides is 1. The topological polar surface area (TPSA) is 103 Å². The van der Waals surface area contributed by atoms with E-state index in [0.717, 1.165) is 0 Å². The zero-order valence-corrected chi connectivity index (χ0v) is 17.7. The molecule has 0 fully saturated rings. The molecule has 3 aromatic rings. The normalized spacial score (nSPS) is 11.2. The van der Waals surface area contributed by atoms with E-state index in [1.165, 1.54) is 51.7 Å². The van der Waals surface area contributed by atoms with Crippen LogP contribution in [0.3, 0.4) is 0 Å². The minimum Gasteiger partial charge on any atom is -0.493 e. The molecule has 0 radical (unpaired) electrons. The zero-order chi connectivity index (χ0) is 23.1. The molecule has 166 valence electrons. The summed E-state index contributed by atoms with van der Waals surface area (Å²) >= 11 is 0. The molecule has 9 heteroatoms. The molecule has 0 saturated heterocycles. The van der Waals surface area contributed by atoms with Gasteiger partial charge in [0, 0.05) is 0 Å². The van der Waals surface area contributed by atoms with Crippen LogP contribution in [0, 0.1) is 17.1 Å². The van der Waals surface area contributed by atoms with Crippen molar-refractivity contribution in [3.63, 3.8) is 0 Å². The number of nitrogens with zero attached hydrogens (tertiary/aromatic N) is 1. The third kappa shape index (κ3) is 5.10. The van der Waals surface area contributed by atoms with Gasteiger partial charge in [0.15, 0.2) is 17.3 Å². The van der Waals surface area contributed by atoms with Gasteiger partial charge in [0.05, 0.1) is 27.4 Å². The lowest BCUT2D eigenvalue weighted by atomic mass is 10.1. The highest BCUT2D eigenvalue weighted by molar-refractivity contribution is 5.92. The van der Waals surface area contributed by atoms with Gasteiger partial charge in [-0.2, -0.15) is 5.26 Å². The number of carbonyl (C=O) groups is 1. The summed E-state index contributed by atoms with van der Waals surface area (Å²) in [4.78, 5) is 12.6. The maximum absolute atomic E-state index is 13.0. The van der Waals surface area contributed by atoms with Crippen molar-refractivity contribution in [3.8, 4) is 29.1 Å². The first kappa shape index (κ1) is 22.5. The van der Waals surface area contributed by atoms with Crippen LogP contribution in [-0.4, -0.2) is 27.2 Å². The SMILES string of the molecule is COc1cc(C(C#N)NC(=O)c2ccc(COc3ccc(F)cc3)o2)cc(OC)c1OC. The molecule has 1 N–H and O–H groups in total. The third-order valence-electron chi connectivity index (χ3n) is 4.51. The summed E-state index contributed by atoms with van der Waals surface area (Å²) in [7, 11) is 4.39. The lowest BCUT2D eigenvalue weighted by Gasteiger charge is -2.17. The van der Waals surface area contributed by atoms with Crippen molar-refractivity contribution in [3.05, 3.63) is 71.4 Å². The van der Waals surface area contributed by atoms with Crippen molar-refractivity contribution >= 4 is 5.91 Å². The van der Waals surface area contributed by atoms with E-state index in [1.807, 2.05) is 6.07 Å². The second kappa shape index (κ2) is 10.2. The molecule has 32 heavy (non-hydrogen) atoms. The van der Waals surface area contributed by atoms with Gasteiger partial charge in [0.25, 0.3) is 5.91 Å². The molecule has 8 nitrogen and oxygen atoms in total. The highest BCUT2D eigenvalue weighted by Crippen LogP contribution is 2.39. The van der Waals surface area contributed by atoms with E-state index < -0.39 is 11.9 Å². The van der Waals surface area contributed by atoms with Gasteiger partial charge in [-0.3, -0.25) is 4.79 Å². The summed E-state index contributed by atoms with van der Waals surface area (Å²) in [6, 6.07) is 12.8. The number of hydrogen-bond acceptors (Lipinski definition) is 7. The first-order valence-electron chi connectivity index (χ1n) is 9.46. The van der Waals surface area contributed by atoms with E-state index in [-0.39, 0.29) is 18.2 Å². The summed E-state index contributed by atoms with van der Waals surface area (Å²) in [5.74, 6) is 0.992. The molecule has 1 heterocycles. The predicted molar refractivity (Wildman–Crippen MR) is 111 cm³/mol. The quantitative estimate of drug-likeness (QED) is 0.536. The van der Waals surface area contributed by atoms with E-state index in [4.69, 9.17) is 23.4 Å². The van der Waals surface area contributed by atoms with Crippen molar-refractivity contribution in [2.75, 3.05) is 21.3 Å². The molecule has 3 rings (SSSR count). The number of ether oxygens (including phenoxy) is 4. The molecule has 2 aromatic carbocycles. The Morgan fingerprint density at radius 2 is 1.72 bits per heavy atom. The van der Waals surface area contributed by atoms with Crippen LogP contribution >= 0.6 is 0 Å². The fraction of sp³-hybridized carbons (Fsp3) is 0.217. The Morgan fingerprint density at radius 1 is 1.06 bits per heavy atom. The molecule has 1 aromatic heterocycles. The maximum Gasteiger partial charge on any atom is 0.288 e. The van der Waals surface area contributed by atoms with Crippen LogP contribution in [-0.2, 0) is 6.61 Å². The summed E-state index contributed by atoms with van der Waals surface area (Å²) in [6.45, 7) is 0.0491. The monoisotopic (exact) mass is 440 g/mol. The second-order valence-electron chi connectivity index (χ2n) is 6.50. The van der Waals surface area contributed by atoms with E-state index in [2.05, 4.69) is 5.32 Å². The number of carbonyl (C=O) groups excluding carboxylic acids is 1. The molecular weight excluding hydrogens is 419 g/mol. The van der Waals surface area contributed by atoms with Crippen LogP contribution in [0.1, 0.15) is 27.9 Å². The lowest BCUT2D eigenvalue weighted by Crippen LogP contribution is -2.27. The first-order chi connectivity index (χ1) is 15.5. The smallest absolute Gasteiger partial charge is 0.288 e. The van der Waals surface area contributed by atoms with Crippen molar-refractivity contribution in [2.45, 2.75) is 12.6 Å². The van der Waals surface area contributed by atoms with Crippen LogP contribution in [0.5, 0.6) is 23.0 Å². The highest BCUT2D eigenvalue weighted by Gasteiger charge is 2.22. The van der Waals surface area contributed by atoms with Crippen molar-refractivity contribution in [1.29, 1.82) is 5.26 Å². The van der Waals surface area contributed by atoms with Crippen LogP contribution in [0.15, 0.2) is 52.9 Å². The van der Waals surface area contributed by atoms with Crippen molar-refractivity contribution in [1.82, 2.24) is 5.32 Å². The third-order valence-corrected chi connectivity index (χ3v) is 4.51. The second-order valence-corrected chi connectivity index (χ2v) is 6.50. The number of nitriles is 1. The molecule has 0 aliphatic rings. The Morgan fingerprint density at radius 3 is 2.28 bits per heavy atom. The molecular formula is C23H21FN2O6. The Bertz CT molecular complexity index is 1100. The Hall–Kier alpha value is -4.19. The van der Waals surface area contributed by atoms with Gasteiger partial charge in [-0.05, 0) is 54.1 Å². The predicted octanol–water partition coefficient (Wildman–Crippen LogP) is 4.02. The summed E-state index contributed by atoms with van der Waals surface area (Å²) in [5, 5.41) is 12.2. The van der Waals surface area contributed by atoms with E-state index in [9.17, 15) is 14.4 Å². The summed E-state index contributed by atoms with van der Waals surface area (Å²) in [6.07, 6.45) is 0. The molecule has 0 bridgehead atoms. The standard InChI is InChI=1S/C23H21FN2O6/c1-28-20-10-14(11-21(29-2)22(20)30-3)18(12-25)26-23(27)19-9-8-17(32-19)13-31-16-6-4-15(24)5-7-16/h4-11,18H,13H2,1-3H3,(H,26,27). The van der Waals surface area contributed by atoms with E-state index in [0.29, 0.717) is 34.3 Å². The Kier molecular flexibility index (Phi) is 7.18. The van der Waals surface area contributed by atoms with Crippen LogP contribution < -0.4 is 24.3 Å². The first-order valence-corrected chi connectivity index (χ1v) is 9.46. The number of methoxy groups -OCH3 is 3. The number of halogens is 1. The van der Waals surface area contributed by atoms with Gasteiger partial charge in [-0.25, -0.2) is 4.39 Å². The van der Waals surface area contributed by atoms with E-state index in [1.54, 1.807) is 18.2 Å². The largest absolute Gasteiger partial charge is 0.493 e. The minimum absolute atomic E-state index is 0.00963. The summed E-state index contributed by atoms with van der Waals surface area (Å²) in [5.41, 5.74) is 0.446. The molecule has 0 spiro atoms. The molecule has 0 aliphatic carbocycles. The highest BCUT2D eigenvalue weighted by atomic mass is 19.1. The van der Waals surface area contributed by atoms with E-state index >= 15 is 0 Å². The fourth-order valence-electron chi connectivity index (χ4n) is 2.92. The molecule has 0 aliphatic heterocycles. The van der Waals surface area contributed by atoms with Gasteiger partial charge in [-0.1, -0.05) is 0 Å². The zero-order valence-electron chi connectivity index (χ0n) is 17.7. The Balaban J connectivity index is 1.70. The average Bonchev–Trinajstić information content (AvgIpc) is 3.30. The molecule has 1 unspecified atom stereocenters. The van der Waals surface area contributed by atoms with Crippen LogP contribution in [0.25, 0.3) is 0 Å². The van der Waals surface area contributed by atoms with Crippen molar-refractivity contribution < 1.29 is 32.5 Å². The van der Waals surface area contributed by atoms with Gasteiger partial charge in [-0.15, -0.1) is 0 Å². The number of benzene rings is 2. The minimum atomic E-state index is -1.000. The van der Waals surface area contributed by atoms with Crippen molar-refractivity contribution in [2.24, 2.45) is 0 Å².